The van der Waals surface area contributed by atoms with Crippen LogP contribution in [0.3, 0.4) is 0 Å². The fraction of sp³-hybridized carbons (Fsp3) is 0.294. The average Bonchev–Trinajstić information content (AvgIpc) is 3.25. The van der Waals surface area contributed by atoms with Gasteiger partial charge in [0.05, 0.1) is 30.5 Å². The minimum Gasteiger partial charge on any atom is -0.497 e. The van der Waals surface area contributed by atoms with E-state index in [1.54, 1.807) is 39.3 Å². The van der Waals surface area contributed by atoms with E-state index in [1.165, 1.54) is 11.3 Å². The molecule has 8 nitrogen and oxygen atoms in total. The zero-order chi connectivity index (χ0) is 18.7. The average molecular weight is 375 g/mol. The van der Waals surface area contributed by atoms with Gasteiger partial charge in [-0.3, -0.25) is 0 Å². The molecule has 2 aromatic heterocycles. The Balaban J connectivity index is 1.72. The fourth-order valence-electron chi connectivity index (χ4n) is 2.32. The summed E-state index contributed by atoms with van der Waals surface area (Å²) in [7, 11) is 3.11. The van der Waals surface area contributed by atoms with Crippen molar-refractivity contribution in [3.8, 4) is 22.9 Å². The molecular weight excluding hydrogens is 358 g/mol. The number of aromatic nitrogens is 3. The van der Waals surface area contributed by atoms with Crippen LogP contribution in [0.5, 0.6) is 11.5 Å². The smallest absolute Gasteiger partial charge is 0.350 e. The van der Waals surface area contributed by atoms with Crippen LogP contribution in [0.2, 0.25) is 0 Å². The largest absolute Gasteiger partial charge is 0.497 e. The minimum absolute atomic E-state index is 0.124. The van der Waals surface area contributed by atoms with Crippen molar-refractivity contribution in [3.05, 3.63) is 39.7 Å². The van der Waals surface area contributed by atoms with Gasteiger partial charge in [0.25, 0.3) is 5.89 Å². The molecule has 0 aliphatic heterocycles. The lowest BCUT2D eigenvalue weighted by Crippen LogP contribution is -2.05. The van der Waals surface area contributed by atoms with Crippen LogP contribution in [0.1, 0.15) is 26.3 Å². The Morgan fingerprint density at radius 2 is 2.00 bits per heavy atom. The van der Waals surface area contributed by atoms with Crippen LogP contribution in [0.15, 0.2) is 22.7 Å². The number of carbonyl (C=O) groups is 1. The SMILES string of the molecule is COc1ccc(-c2noc(COC(=O)c3sc(C)nc3C)n2)c(OC)c1. The number of rotatable bonds is 6. The highest BCUT2D eigenvalue weighted by Crippen LogP contribution is 2.31. The molecule has 0 saturated heterocycles. The zero-order valence-electron chi connectivity index (χ0n) is 14.7. The second kappa shape index (κ2) is 7.52. The summed E-state index contributed by atoms with van der Waals surface area (Å²) in [4.78, 5) is 21.1. The van der Waals surface area contributed by atoms with E-state index >= 15 is 0 Å². The standard InChI is InChI=1S/C17H17N3O5S/c1-9-15(26-10(2)18-9)17(21)24-8-14-19-16(20-25-14)12-6-5-11(22-3)7-13(12)23-4/h5-7H,8H2,1-4H3. The summed E-state index contributed by atoms with van der Waals surface area (Å²) in [6.45, 7) is 3.47. The van der Waals surface area contributed by atoms with Crippen molar-refractivity contribution in [2.24, 2.45) is 0 Å². The normalized spacial score (nSPS) is 10.6. The molecule has 0 radical (unpaired) electrons. The molecule has 3 rings (SSSR count). The molecule has 0 spiro atoms. The van der Waals surface area contributed by atoms with Crippen molar-refractivity contribution < 1.29 is 23.5 Å². The molecule has 0 fully saturated rings. The second-order valence-electron chi connectivity index (χ2n) is 5.30. The summed E-state index contributed by atoms with van der Waals surface area (Å²) in [5, 5.41) is 4.72. The van der Waals surface area contributed by atoms with E-state index in [0.717, 1.165) is 5.01 Å². The van der Waals surface area contributed by atoms with Gasteiger partial charge in [-0.1, -0.05) is 5.16 Å². The highest BCUT2D eigenvalue weighted by molar-refractivity contribution is 7.13. The Morgan fingerprint density at radius 1 is 1.19 bits per heavy atom. The Hall–Kier alpha value is -2.94. The highest BCUT2D eigenvalue weighted by Gasteiger charge is 2.18. The van der Waals surface area contributed by atoms with Crippen LogP contribution >= 0.6 is 11.3 Å². The number of aryl methyl sites for hydroxylation is 2. The molecule has 1 aromatic carbocycles. The maximum atomic E-state index is 12.1. The third-order valence-corrected chi connectivity index (χ3v) is 4.59. The van der Waals surface area contributed by atoms with E-state index in [-0.39, 0.29) is 12.5 Å². The maximum Gasteiger partial charge on any atom is 0.350 e. The number of nitrogens with zero attached hydrogens (tertiary/aromatic N) is 3. The van der Waals surface area contributed by atoms with Crippen LogP contribution < -0.4 is 9.47 Å². The molecule has 0 amide bonds. The van der Waals surface area contributed by atoms with Gasteiger partial charge in [0, 0.05) is 6.07 Å². The summed E-state index contributed by atoms with van der Waals surface area (Å²) in [5.74, 6) is 1.25. The van der Waals surface area contributed by atoms with E-state index in [4.69, 9.17) is 18.7 Å². The number of hydrogen-bond donors (Lipinski definition) is 0. The summed E-state index contributed by atoms with van der Waals surface area (Å²) >= 11 is 1.29. The van der Waals surface area contributed by atoms with E-state index in [0.29, 0.717) is 33.5 Å². The van der Waals surface area contributed by atoms with Gasteiger partial charge in [-0.2, -0.15) is 4.98 Å². The topological polar surface area (TPSA) is 96.6 Å². The first-order valence-electron chi connectivity index (χ1n) is 7.68. The fourth-order valence-corrected chi connectivity index (χ4v) is 3.13. The molecule has 9 heteroatoms. The first-order valence-corrected chi connectivity index (χ1v) is 8.49. The molecule has 3 aromatic rings. The molecule has 0 unspecified atom stereocenters. The van der Waals surface area contributed by atoms with Crippen LogP contribution in [0.4, 0.5) is 0 Å². The van der Waals surface area contributed by atoms with Crippen molar-refractivity contribution in [3.63, 3.8) is 0 Å². The van der Waals surface area contributed by atoms with Gasteiger partial charge in [0.1, 0.15) is 16.4 Å². The summed E-state index contributed by atoms with van der Waals surface area (Å²) in [5.41, 5.74) is 1.29. The van der Waals surface area contributed by atoms with Crippen LogP contribution in [-0.4, -0.2) is 35.3 Å². The molecule has 0 aliphatic rings. The van der Waals surface area contributed by atoms with Gasteiger partial charge < -0.3 is 18.7 Å². The summed E-state index contributed by atoms with van der Waals surface area (Å²) < 4.78 is 20.9. The maximum absolute atomic E-state index is 12.1. The molecular formula is C17H17N3O5S. The molecule has 2 heterocycles. The van der Waals surface area contributed by atoms with Crippen molar-refractivity contribution in [2.75, 3.05) is 14.2 Å². The number of carbonyl (C=O) groups excluding carboxylic acids is 1. The monoisotopic (exact) mass is 375 g/mol. The van der Waals surface area contributed by atoms with Crippen molar-refractivity contribution >= 4 is 17.3 Å². The van der Waals surface area contributed by atoms with Gasteiger partial charge in [0.2, 0.25) is 5.82 Å². The molecule has 0 N–H and O–H groups in total. The first-order chi connectivity index (χ1) is 12.5. The van der Waals surface area contributed by atoms with Crippen molar-refractivity contribution in [1.82, 2.24) is 15.1 Å². The Labute approximate surface area is 153 Å². The van der Waals surface area contributed by atoms with Crippen LogP contribution in [0, 0.1) is 13.8 Å². The van der Waals surface area contributed by atoms with E-state index in [2.05, 4.69) is 15.1 Å². The highest BCUT2D eigenvalue weighted by atomic mass is 32.1. The number of esters is 1. The number of benzene rings is 1. The predicted molar refractivity (Wildman–Crippen MR) is 93.5 cm³/mol. The summed E-state index contributed by atoms with van der Waals surface area (Å²) in [6.07, 6.45) is 0. The lowest BCUT2D eigenvalue weighted by atomic mass is 10.2. The van der Waals surface area contributed by atoms with Crippen molar-refractivity contribution in [2.45, 2.75) is 20.5 Å². The molecule has 0 aliphatic carbocycles. The Kier molecular flexibility index (Phi) is 5.17. The zero-order valence-corrected chi connectivity index (χ0v) is 15.5. The molecule has 0 atom stereocenters. The number of hydrogen-bond acceptors (Lipinski definition) is 9. The van der Waals surface area contributed by atoms with Gasteiger partial charge in [-0.05, 0) is 26.0 Å². The Morgan fingerprint density at radius 3 is 2.65 bits per heavy atom. The van der Waals surface area contributed by atoms with Crippen LogP contribution in [0.25, 0.3) is 11.4 Å². The summed E-state index contributed by atoms with van der Waals surface area (Å²) in [6, 6.07) is 5.25. The lowest BCUT2D eigenvalue weighted by molar-refractivity contribution is 0.0434. The van der Waals surface area contributed by atoms with Crippen LogP contribution in [-0.2, 0) is 11.3 Å². The predicted octanol–water partition coefficient (Wildman–Crippen LogP) is 3.18. The van der Waals surface area contributed by atoms with E-state index in [9.17, 15) is 4.79 Å². The third-order valence-electron chi connectivity index (χ3n) is 3.53. The number of methoxy groups -OCH3 is 2. The molecule has 0 saturated carbocycles. The lowest BCUT2D eigenvalue weighted by Gasteiger charge is -2.07. The molecule has 136 valence electrons. The van der Waals surface area contributed by atoms with Gasteiger partial charge in [-0.25, -0.2) is 9.78 Å². The van der Waals surface area contributed by atoms with Crippen molar-refractivity contribution in [1.29, 1.82) is 0 Å². The first kappa shape index (κ1) is 17.9. The quantitative estimate of drug-likeness (QED) is 0.606. The van der Waals surface area contributed by atoms with Gasteiger partial charge in [-0.15, -0.1) is 11.3 Å². The Bertz CT molecular complexity index is 934. The van der Waals surface area contributed by atoms with Gasteiger partial charge in [0.15, 0.2) is 6.61 Å². The van der Waals surface area contributed by atoms with E-state index < -0.39 is 5.97 Å². The van der Waals surface area contributed by atoms with Gasteiger partial charge >= 0.3 is 5.97 Å². The minimum atomic E-state index is -0.463. The third kappa shape index (κ3) is 3.67. The molecule has 0 bridgehead atoms. The second-order valence-corrected chi connectivity index (χ2v) is 6.50. The number of ether oxygens (including phenoxy) is 3. The number of thiazole rings is 1. The van der Waals surface area contributed by atoms with E-state index in [1.807, 2.05) is 6.92 Å². The molecule has 26 heavy (non-hydrogen) atoms.